The number of methoxy groups -OCH3 is 1. The van der Waals surface area contributed by atoms with Crippen LogP contribution >= 0.6 is 46.4 Å². The van der Waals surface area contributed by atoms with Crippen LogP contribution in [0, 0.1) is 0 Å². The summed E-state index contributed by atoms with van der Waals surface area (Å²) in [6.45, 7) is 0. The fraction of sp³-hybridized carbons (Fsp3) is 0.188. The van der Waals surface area contributed by atoms with Crippen molar-refractivity contribution in [2.45, 2.75) is 9.96 Å². The number of carbonyl (C=O) groups is 1. The van der Waals surface area contributed by atoms with Crippen molar-refractivity contribution < 1.29 is 9.53 Å². The van der Waals surface area contributed by atoms with E-state index in [1.165, 1.54) is 0 Å². The van der Waals surface area contributed by atoms with Gasteiger partial charge in [-0.25, -0.2) is 0 Å². The van der Waals surface area contributed by atoms with Gasteiger partial charge in [-0.15, -0.1) is 0 Å². The lowest BCUT2D eigenvalue weighted by Crippen LogP contribution is -2.49. The van der Waals surface area contributed by atoms with Crippen molar-refractivity contribution in [2.24, 2.45) is 0 Å². The van der Waals surface area contributed by atoms with E-state index in [9.17, 15) is 4.79 Å². The van der Waals surface area contributed by atoms with E-state index in [0.717, 1.165) is 0 Å². The molecule has 0 heterocycles. The quantitative estimate of drug-likeness (QED) is 0.548. The lowest BCUT2D eigenvalue weighted by Gasteiger charge is -2.27. The summed E-state index contributed by atoms with van der Waals surface area (Å²) in [7, 11) is 1.54. The zero-order chi connectivity index (χ0) is 17.7. The van der Waals surface area contributed by atoms with Crippen LogP contribution in [-0.4, -0.2) is 23.0 Å². The first-order chi connectivity index (χ1) is 11.3. The average Bonchev–Trinajstić information content (AvgIpc) is 2.53. The molecule has 0 radical (unpaired) electrons. The number of halogens is 4. The highest BCUT2D eigenvalue weighted by molar-refractivity contribution is 6.68. The van der Waals surface area contributed by atoms with Crippen LogP contribution in [0.5, 0.6) is 5.75 Å². The maximum atomic E-state index is 12.4. The van der Waals surface area contributed by atoms with Gasteiger partial charge in [0.2, 0.25) is 3.79 Å². The smallest absolute Gasteiger partial charge is 0.252 e. The highest BCUT2D eigenvalue weighted by atomic mass is 35.6. The van der Waals surface area contributed by atoms with E-state index in [0.29, 0.717) is 22.0 Å². The van der Waals surface area contributed by atoms with Crippen LogP contribution < -0.4 is 15.4 Å². The SMILES string of the molecule is COc1ccc(C(=O)N[C@H](Nc2cccc(Cl)c2)C(Cl)(Cl)Cl)cc1. The van der Waals surface area contributed by atoms with Gasteiger partial charge >= 0.3 is 0 Å². The summed E-state index contributed by atoms with van der Waals surface area (Å²) in [5.74, 6) is 0.241. The molecule has 0 saturated carbocycles. The van der Waals surface area contributed by atoms with Gasteiger partial charge in [-0.3, -0.25) is 4.79 Å². The Bertz CT molecular complexity index is 702. The highest BCUT2D eigenvalue weighted by Gasteiger charge is 2.34. The summed E-state index contributed by atoms with van der Waals surface area (Å²) < 4.78 is 3.28. The summed E-state index contributed by atoms with van der Waals surface area (Å²) in [6, 6.07) is 13.4. The third kappa shape index (κ3) is 5.35. The number of nitrogens with one attached hydrogen (secondary N) is 2. The second-order valence-corrected chi connectivity index (χ2v) is 7.64. The molecule has 24 heavy (non-hydrogen) atoms. The molecule has 0 spiro atoms. The minimum atomic E-state index is -1.77. The minimum absolute atomic E-state index is 0.400. The highest BCUT2D eigenvalue weighted by Crippen LogP contribution is 2.31. The topological polar surface area (TPSA) is 50.4 Å². The Morgan fingerprint density at radius 3 is 2.33 bits per heavy atom. The number of carbonyl (C=O) groups excluding carboxylic acids is 1. The Balaban J connectivity index is 2.14. The molecular formula is C16H14Cl4N2O2. The fourth-order valence-electron chi connectivity index (χ4n) is 1.90. The van der Waals surface area contributed by atoms with Crippen molar-refractivity contribution in [1.82, 2.24) is 5.32 Å². The normalized spacial score (nSPS) is 12.4. The van der Waals surface area contributed by atoms with E-state index in [2.05, 4.69) is 10.6 Å². The maximum absolute atomic E-state index is 12.4. The summed E-state index contributed by atoms with van der Waals surface area (Å²) in [4.78, 5) is 12.4. The van der Waals surface area contributed by atoms with Gasteiger partial charge in [0, 0.05) is 16.3 Å². The molecule has 128 valence electrons. The fourth-order valence-corrected chi connectivity index (χ4v) is 2.42. The molecule has 0 aliphatic heterocycles. The molecule has 0 aromatic heterocycles. The van der Waals surface area contributed by atoms with Gasteiger partial charge in [-0.2, -0.15) is 0 Å². The zero-order valence-corrected chi connectivity index (χ0v) is 15.5. The first-order valence-electron chi connectivity index (χ1n) is 6.83. The zero-order valence-electron chi connectivity index (χ0n) is 12.5. The van der Waals surface area contributed by atoms with Gasteiger partial charge in [0.1, 0.15) is 11.9 Å². The van der Waals surface area contributed by atoms with Gasteiger partial charge in [-0.05, 0) is 42.5 Å². The second kappa shape index (κ2) is 8.17. The van der Waals surface area contributed by atoms with Crippen LogP contribution in [0.15, 0.2) is 48.5 Å². The Hall–Kier alpha value is -1.33. The van der Waals surface area contributed by atoms with Crippen LogP contribution in [0.1, 0.15) is 10.4 Å². The van der Waals surface area contributed by atoms with Gasteiger partial charge in [0.05, 0.1) is 7.11 Å². The van der Waals surface area contributed by atoms with Crippen molar-refractivity contribution in [3.8, 4) is 5.75 Å². The number of amides is 1. The molecule has 0 fully saturated rings. The van der Waals surface area contributed by atoms with E-state index in [1.807, 2.05) is 0 Å². The van der Waals surface area contributed by atoms with E-state index in [-0.39, 0.29) is 0 Å². The Morgan fingerprint density at radius 1 is 1.12 bits per heavy atom. The van der Waals surface area contributed by atoms with Crippen molar-refractivity contribution in [3.05, 3.63) is 59.1 Å². The van der Waals surface area contributed by atoms with Crippen LogP contribution in [0.25, 0.3) is 0 Å². The van der Waals surface area contributed by atoms with Crippen molar-refractivity contribution in [3.63, 3.8) is 0 Å². The summed E-state index contributed by atoms with van der Waals surface area (Å²) >= 11 is 23.8. The Labute approximate surface area is 160 Å². The van der Waals surface area contributed by atoms with E-state index < -0.39 is 15.9 Å². The lowest BCUT2D eigenvalue weighted by atomic mass is 10.2. The minimum Gasteiger partial charge on any atom is -0.497 e. The number of alkyl halides is 3. The number of anilines is 1. The number of hydrogen-bond donors (Lipinski definition) is 2. The predicted octanol–water partition coefficient (Wildman–Crippen LogP) is 4.89. The van der Waals surface area contributed by atoms with E-state index in [4.69, 9.17) is 51.1 Å². The molecule has 2 N–H and O–H groups in total. The second-order valence-electron chi connectivity index (χ2n) is 4.83. The van der Waals surface area contributed by atoms with Crippen LogP contribution in [0.3, 0.4) is 0 Å². The first kappa shape index (κ1) is 19.0. The van der Waals surface area contributed by atoms with Gasteiger partial charge < -0.3 is 15.4 Å². The molecule has 2 aromatic carbocycles. The van der Waals surface area contributed by atoms with Gasteiger partial charge in [0.15, 0.2) is 0 Å². The molecule has 0 unspecified atom stereocenters. The largest absolute Gasteiger partial charge is 0.497 e. The Morgan fingerprint density at radius 2 is 1.79 bits per heavy atom. The lowest BCUT2D eigenvalue weighted by molar-refractivity contribution is 0.0942. The van der Waals surface area contributed by atoms with E-state index >= 15 is 0 Å². The van der Waals surface area contributed by atoms with Crippen LogP contribution in [0.4, 0.5) is 5.69 Å². The molecule has 1 atom stereocenters. The van der Waals surface area contributed by atoms with Crippen LogP contribution in [0.2, 0.25) is 5.02 Å². The molecule has 0 bridgehead atoms. The molecule has 0 aliphatic carbocycles. The summed E-state index contributed by atoms with van der Waals surface area (Å²) in [5, 5.41) is 6.11. The van der Waals surface area contributed by atoms with Gasteiger partial charge in [-0.1, -0.05) is 52.5 Å². The first-order valence-corrected chi connectivity index (χ1v) is 8.34. The Kier molecular flexibility index (Phi) is 6.47. The number of hydrogen-bond acceptors (Lipinski definition) is 3. The molecule has 0 saturated heterocycles. The molecule has 2 aromatic rings. The number of rotatable bonds is 5. The maximum Gasteiger partial charge on any atom is 0.252 e. The summed E-state index contributed by atoms with van der Waals surface area (Å²) in [5.41, 5.74) is 1.01. The third-order valence-corrected chi connectivity index (χ3v) is 3.98. The number of benzene rings is 2. The van der Waals surface area contributed by atoms with Crippen molar-refractivity contribution in [2.75, 3.05) is 12.4 Å². The van der Waals surface area contributed by atoms with Gasteiger partial charge in [0.25, 0.3) is 5.91 Å². The molecular weight excluding hydrogens is 394 g/mol. The van der Waals surface area contributed by atoms with E-state index in [1.54, 1.807) is 55.6 Å². The molecule has 0 aliphatic rings. The molecule has 1 amide bonds. The van der Waals surface area contributed by atoms with Crippen LogP contribution in [-0.2, 0) is 0 Å². The molecule has 2 rings (SSSR count). The summed E-state index contributed by atoms with van der Waals surface area (Å²) in [6.07, 6.45) is -0.962. The van der Waals surface area contributed by atoms with Crippen molar-refractivity contribution in [1.29, 1.82) is 0 Å². The van der Waals surface area contributed by atoms with Crippen molar-refractivity contribution >= 4 is 58.0 Å². The molecule has 4 nitrogen and oxygen atoms in total. The predicted molar refractivity (Wildman–Crippen MR) is 99.6 cm³/mol. The number of ether oxygens (including phenoxy) is 1. The average molecular weight is 408 g/mol. The molecule has 8 heteroatoms. The third-order valence-electron chi connectivity index (χ3n) is 3.09. The monoisotopic (exact) mass is 406 g/mol. The standard InChI is InChI=1S/C16H14Cl4N2O2/c1-24-13-7-5-10(6-8-13)14(23)22-15(16(18,19)20)21-12-4-2-3-11(17)9-12/h2-9,15,21H,1H3,(H,22,23)/t15-/m0/s1.